The number of rotatable bonds is 5. The van der Waals surface area contributed by atoms with Gasteiger partial charge in [0.05, 0.1) is 11.6 Å². The van der Waals surface area contributed by atoms with Gasteiger partial charge in [0.15, 0.2) is 8.07 Å². The van der Waals surface area contributed by atoms with Crippen molar-refractivity contribution in [3.8, 4) is 11.8 Å². The monoisotopic (exact) mass is 489 g/mol. The first-order valence-corrected chi connectivity index (χ1v) is 13.4. The van der Waals surface area contributed by atoms with E-state index in [1.165, 1.54) is 12.1 Å². The van der Waals surface area contributed by atoms with E-state index in [0.717, 1.165) is 16.4 Å². The van der Waals surface area contributed by atoms with Gasteiger partial charge in [0.25, 0.3) is 0 Å². The van der Waals surface area contributed by atoms with Crippen molar-refractivity contribution in [2.24, 2.45) is 0 Å². The number of nitrogens with zero attached hydrogens (tertiary/aromatic N) is 1. The summed E-state index contributed by atoms with van der Waals surface area (Å²) < 4.78 is 68.3. The fourth-order valence-electron chi connectivity index (χ4n) is 4.25. The van der Waals surface area contributed by atoms with Crippen molar-refractivity contribution in [3.05, 3.63) is 84.4 Å². The zero-order valence-electron chi connectivity index (χ0n) is 18.2. The van der Waals surface area contributed by atoms with Crippen molar-refractivity contribution in [2.75, 3.05) is 0 Å². The van der Waals surface area contributed by atoms with Crippen molar-refractivity contribution in [1.82, 2.24) is 0 Å². The van der Waals surface area contributed by atoms with Crippen LogP contribution >= 0.6 is 0 Å². The van der Waals surface area contributed by atoms with Crippen LogP contribution in [0.15, 0.2) is 78.9 Å². The van der Waals surface area contributed by atoms with Gasteiger partial charge in [-0.1, -0.05) is 81.4 Å². The maximum Gasteiger partial charge on any atom is 0.534 e. The topological polar surface area (TPSA) is 67.2 Å². The highest BCUT2D eigenvalue weighted by Gasteiger charge is 2.53. The Morgan fingerprint density at radius 1 is 0.848 bits per heavy atom. The lowest BCUT2D eigenvalue weighted by atomic mass is 10.2. The molecule has 0 spiro atoms. The summed E-state index contributed by atoms with van der Waals surface area (Å²) >= 11 is 0. The molecule has 0 atom stereocenters. The van der Waals surface area contributed by atoms with E-state index in [1.807, 2.05) is 87.5 Å². The molecule has 33 heavy (non-hydrogen) atoms. The van der Waals surface area contributed by atoms with Gasteiger partial charge in [-0.3, -0.25) is 0 Å². The Hall–Kier alpha value is -3.09. The molecular weight excluding hydrogens is 467 g/mol. The maximum atomic E-state index is 13.2. The lowest BCUT2D eigenvalue weighted by Gasteiger charge is -2.45. The SMILES string of the molecule is CC(C)(C)[Si](c1ccccc1)(c1ccccc1)c1cc(C#N)ccc1OS(=O)(=O)C(F)(F)F. The van der Waals surface area contributed by atoms with Gasteiger partial charge < -0.3 is 4.18 Å². The average molecular weight is 490 g/mol. The minimum atomic E-state index is -5.92. The van der Waals surface area contributed by atoms with Gasteiger partial charge in [0.1, 0.15) is 5.75 Å². The van der Waals surface area contributed by atoms with Crippen molar-refractivity contribution in [3.63, 3.8) is 0 Å². The second-order valence-corrected chi connectivity index (χ2v) is 14.8. The third kappa shape index (κ3) is 4.41. The molecule has 0 saturated heterocycles. The summed E-state index contributed by atoms with van der Waals surface area (Å²) in [7, 11) is -9.21. The molecule has 3 rings (SSSR count). The fourth-order valence-corrected chi connectivity index (χ4v) is 10.6. The minimum Gasteiger partial charge on any atom is -0.376 e. The predicted octanol–water partition coefficient (Wildman–Crippen LogP) is 4.06. The summed E-state index contributed by atoms with van der Waals surface area (Å²) in [6.45, 7) is 5.88. The quantitative estimate of drug-likeness (QED) is 0.235. The van der Waals surface area contributed by atoms with E-state index in [1.54, 1.807) is 0 Å². The normalized spacial score (nSPS) is 12.8. The second kappa shape index (κ2) is 8.69. The van der Waals surface area contributed by atoms with Crippen LogP contribution in [0.25, 0.3) is 0 Å². The Balaban J connectivity index is 2.50. The Labute approximate surface area is 192 Å². The first-order chi connectivity index (χ1) is 15.3. The van der Waals surface area contributed by atoms with Crippen LogP contribution < -0.4 is 19.7 Å². The van der Waals surface area contributed by atoms with Gasteiger partial charge >= 0.3 is 15.6 Å². The lowest BCUT2D eigenvalue weighted by molar-refractivity contribution is -0.0499. The first-order valence-electron chi connectivity index (χ1n) is 10.0. The molecule has 0 aliphatic carbocycles. The summed E-state index contributed by atoms with van der Waals surface area (Å²) in [4.78, 5) is 0. The summed E-state index contributed by atoms with van der Waals surface area (Å²) in [5.41, 5.74) is -5.40. The van der Waals surface area contributed by atoms with E-state index in [4.69, 9.17) is 4.18 Å². The predicted molar refractivity (Wildman–Crippen MR) is 124 cm³/mol. The highest BCUT2D eigenvalue weighted by Crippen LogP contribution is 2.38. The molecular formula is C24H22F3NO3SSi. The smallest absolute Gasteiger partial charge is 0.376 e. The van der Waals surface area contributed by atoms with Crippen LogP contribution in [0, 0.1) is 11.3 Å². The number of hydrogen-bond acceptors (Lipinski definition) is 4. The fraction of sp³-hybridized carbons (Fsp3) is 0.208. The highest BCUT2D eigenvalue weighted by molar-refractivity contribution is 7.88. The largest absolute Gasteiger partial charge is 0.534 e. The summed E-state index contributed by atoms with van der Waals surface area (Å²) in [6, 6.07) is 24.3. The molecule has 0 heterocycles. The molecule has 0 radical (unpaired) electrons. The van der Waals surface area contributed by atoms with E-state index in [2.05, 4.69) is 0 Å². The van der Waals surface area contributed by atoms with Crippen molar-refractivity contribution in [2.45, 2.75) is 31.3 Å². The van der Waals surface area contributed by atoms with Crippen molar-refractivity contribution in [1.29, 1.82) is 5.26 Å². The molecule has 0 unspecified atom stereocenters. The van der Waals surface area contributed by atoms with Gasteiger partial charge in [-0.05, 0) is 38.8 Å². The molecule has 3 aromatic rings. The molecule has 4 nitrogen and oxygen atoms in total. The summed E-state index contributed by atoms with van der Waals surface area (Å²) in [5, 5.41) is 10.9. The van der Waals surface area contributed by atoms with Crippen LogP contribution in [-0.4, -0.2) is 22.0 Å². The van der Waals surface area contributed by atoms with E-state index < -0.39 is 34.5 Å². The Morgan fingerprint density at radius 2 is 1.33 bits per heavy atom. The molecule has 0 bridgehead atoms. The maximum absolute atomic E-state index is 13.2. The molecule has 0 amide bonds. The third-order valence-corrected chi connectivity index (χ3v) is 12.3. The molecule has 0 aliphatic rings. The number of halogens is 3. The molecule has 0 aliphatic heterocycles. The Kier molecular flexibility index (Phi) is 6.46. The molecule has 0 fully saturated rings. The van der Waals surface area contributed by atoms with Crippen LogP contribution in [-0.2, 0) is 10.1 Å². The van der Waals surface area contributed by atoms with Gasteiger partial charge in [0.2, 0.25) is 0 Å². The zero-order chi connectivity index (χ0) is 24.5. The van der Waals surface area contributed by atoms with Crippen molar-refractivity contribution >= 4 is 33.8 Å². The van der Waals surface area contributed by atoms with Gasteiger partial charge in [0, 0.05) is 0 Å². The number of alkyl halides is 3. The summed E-state index contributed by atoms with van der Waals surface area (Å²) in [5.74, 6) is -0.430. The number of nitriles is 1. The lowest BCUT2D eigenvalue weighted by Crippen LogP contribution is -2.72. The molecule has 0 aromatic heterocycles. The van der Waals surface area contributed by atoms with E-state index in [0.29, 0.717) is 0 Å². The van der Waals surface area contributed by atoms with Crippen molar-refractivity contribution < 1.29 is 25.8 Å². The third-order valence-electron chi connectivity index (χ3n) is 5.53. The standard InChI is InChI=1S/C24H22F3NO3SSi/c1-23(2,3)33(19-10-6-4-7-11-19,20-12-8-5-9-13-20)22-16-18(17-28)14-15-21(22)31-32(29,30)24(25,26)27/h4-16H,1-3H3. The molecule has 3 aromatic carbocycles. The minimum absolute atomic E-state index is 0.190. The second-order valence-electron chi connectivity index (χ2n) is 8.54. The van der Waals surface area contributed by atoms with Crippen LogP contribution in [0.4, 0.5) is 13.2 Å². The average Bonchev–Trinajstić information content (AvgIpc) is 2.75. The highest BCUT2D eigenvalue weighted by atomic mass is 32.2. The van der Waals surface area contributed by atoms with E-state index in [9.17, 15) is 26.9 Å². The zero-order valence-corrected chi connectivity index (χ0v) is 20.0. The van der Waals surface area contributed by atoms with E-state index >= 15 is 0 Å². The van der Waals surface area contributed by atoms with Crippen LogP contribution in [0.2, 0.25) is 5.04 Å². The molecule has 0 saturated carbocycles. The van der Waals surface area contributed by atoms with Crippen LogP contribution in [0.3, 0.4) is 0 Å². The summed E-state index contributed by atoms with van der Waals surface area (Å²) in [6.07, 6.45) is 0. The van der Waals surface area contributed by atoms with Crippen LogP contribution in [0.5, 0.6) is 5.75 Å². The van der Waals surface area contributed by atoms with Crippen LogP contribution in [0.1, 0.15) is 26.3 Å². The van der Waals surface area contributed by atoms with E-state index in [-0.39, 0.29) is 10.8 Å². The Morgan fingerprint density at radius 3 is 1.73 bits per heavy atom. The number of hydrogen-bond donors (Lipinski definition) is 0. The number of benzene rings is 3. The molecule has 0 N–H and O–H groups in total. The first kappa shape index (κ1) is 24.5. The molecule has 172 valence electrons. The van der Waals surface area contributed by atoms with Gasteiger partial charge in [-0.15, -0.1) is 0 Å². The van der Waals surface area contributed by atoms with Gasteiger partial charge in [-0.2, -0.15) is 26.9 Å². The van der Waals surface area contributed by atoms with Gasteiger partial charge in [-0.25, -0.2) is 0 Å². The Bertz CT molecular complexity index is 1240. The molecule has 9 heteroatoms.